The van der Waals surface area contributed by atoms with Crippen LogP contribution in [0.1, 0.15) is 18.1 Å². The number of nitrogens with zero attached hydrogens (tertiary/aromatic N) is 2. The molecule has 1 heterocycles. The van der Waals surface area contributed by atoms with Crippen LogP contribution in [0.5, 0.6) is 5.75 Å². The van der Waals surface area contributed by atoms with E-state index >= 15 is 0 Å². The smallest absolute Gasteiger partial charge is 0.144 e. The molecule has 0 unspecified atom stereocenters. The average Bonchev–Trinajstić information content (AvgIpc) is 2.49. The molecular weight excluding hydrogens is 250 g/mol. The molecule has 0 atom stereocenters. The summed E-state index contributed by atoms with van der Waals surface area (Å²) in [5, 5.41) is 12.3. The fourth-order valence-corrected chi connectivity index (χ4v) is 2.04. The van der Waals surface area contributed by atoms with E-state index in [4.69, 9.17) is 10.00 Å². The van der Waals surface area contributed by atoms with Gasteiger partial charge in [-0.2, -0.15) is 5.26 Å². The standard InChI is InChI=1S/C16H17N3O/c1-4-18-16-13(10-17)9-11(2)15(19-16)12-5-7-14(20-3)8-6-12/h5-9H,4H2,1-3H3,(H,18,19). The molecule has 2 aromatic rings. The van der Waals surface area contributed by atoms with Crippen molar-refractivity contribution in [2.24, 2.45) is 0 Å². The first kappa shape index (κ1) is 13.9. The highest BCUT2D eigenvalue weighted by Crippen LogP contribution is 2.27. The fraction of sp³-hybridized carbons (Fsp3) is 0.250. The molecule has 0 bridgehead atoms. The van der Waals surface area contributed by atoms with E-state index in [2.05, 4.69) is 16.4 Å². The van der Waals surface area contributed by atoms with Crippen LogP contribution < -0.4 is 10.1 Å². The van der Waals surface area contributed by atoms with Crippen LogP contribution in [-0.4, -0.2) is 18.6 Å². The van der Waals surface area contributed by atoms with Crippen LogP contribution in [0.2, 0.25) is 0 Å². The molecule has 20 heavy (non-hydrogen) atoms. The second kappa shape index (κ2) is 6.07. The Bertz CT molecular complexity index is 642. The molecule has 0 amide bonds. The summed E-state index contributed by atoms with van der Waals surface area (Å²) in [5.74, 6) is 1.44. The molecule has 0 aliphatic rings. The van der Waals surface area contributed by atoms with Crippen molar-refractivity contribution in [1.29, 1.82) is 5.26 Å². The number of methoxy groups -OCH3 is 1. The molecule has 102 valence electrons. The van der Waals surface area contributed by atoms with Gasteiger partial charge in [0.15, 0.2) is 0 Å². The fourth-order valence-electron chi connectivity index (χ4n) is 2.04. The van der Waals surface area contributed by atoms with E-state index in [0.29, 0.717) is 11.4 Å². The zero-order valence-electron chi connectivity index (χ0n) is 11.9. The highest BCUT2D eigenvalue weighted by atomic mass is 16.5. The summed E-state index contributed by atoms with van der Waals surface area (Å²) in [6.45, 7) is 4.67. The number of ether oxygens (including phenoxy) is 1. The van der Waals surface area contributed by atoms with Crippen molar-refractivity contribution in [2.45, 2.75) is 13.8 Å². The number of aromatic nitrogens is 1. The van der Waals surface area contributed by atoms with E-state index < -0.39 is 0 Å². The van der Waals surface area contributed by atoms with Gasteiger partial charge >= 0.3 is 0 Å². The number of nitriles is 1. The second-order valence-electron chi connectivity index (χ2n) is 4.42. The molecule has 2 rings (SSSR count). The van der Waals surface area contributed by atoms with Crippen molar-refractivity contribution in [2.75, 3.05) is 19.0 Å². The zero-order chi connectivity index (χ0) is 14.5. The van der Waals surface area contributed by atoms with Gasteiger partial charge in [0.2, 0.25) is 0 Å². The number of pyridine rings is 1. The van der Waals surface area contributed by atoms with Crippen LogP contribution in [0.3, 0.4) is 0 Å². The molecule has 0 fully saturated rings. The Morgan fingerprint density at radius 1 is 1.30 bits per heavy atom. The predicted octanol–water partition coefficient (Wildman–Crippen LogP) is 3.37. The van der Waals surface area contributed by atoms with Gasteiger partial charge in [0.05, 0.1) is 18.4 Å². The van der Waals surface area contributed by atoms with Crippen LogP contribution in [0, 0.1) is 18.3 Å². The van der Waals surface area contributed by atoms with Gasteiger partial charge in [0.25, 0.3) is 0 Å². The van der Waals surface area contributed by atoms with Gasteiger partial charge in [-0.05, 0) is 49.7 Å². The summed E-state index contributed by atoms with van der Waals surface area (Å²) in [5.41, 5.74) is 3.43. The SMILES string of the molecule is CCNc1nc(-c2ccc(OC)cc2)c(C)cc1C#N. The minimum Gasteiger partial charge on any atom is -0.497 e. The minimum atomic E-state index is 0.571. The summed E-state index contributed by atoms with van der Waals surface area (Å²) in [7, 11) is 1.64. The van der Waals surface area contributed by atoms with Crippen LogP contribution in [0.25, 0.3) is 11.3 Å². The molecule has 0 saturated carbocycles. The molecular formula is C16H17N3O. The molecule has 0 spiro atoms. The van der Waals surface area contributed by atoms with E-state index in [-0.39, 0.29) is 0 Å². The Hall–Kier alpha value is -2.54. The van der Waals surface area contributed by atoms with E-state index in [1.54, 1.807) is 7.11 Å². The van der Waals surface area contributed by atoms with Crippen LogP contribution in [-0.2, 0) is 0 Å². The summed E-state index contributed by atoms with van der Waals surface area (Å²) in [6, 6.07) is 11.8. The molecule has 1 aromatic carbocycles. The van der Waals surface area contributed by atoms with Crippen molar-refractivity contribution < 1.29 is 4.74 Å². The molecule has 1 aromatic heterocycles. The maximum atomic E-state index is 9.15. The van der Waals surface area contributed by atoms with Gasteiger partial charge in [-0.15, -0.1) is 0 Å². The second-order valence-corrected chi connectivity index (χ2v) is 4.42. The van der Waals surface area contributed by atoms with Crippen LogP contribution in [0.15, 0.2) is 30.3 Å². The monoisotopic (exact) mass is 267 g/mol. The number of nitrogens with one attached hydrogen (secondary N) is 1. The lowest BCUT2D eigenvalue weighted by atomic mass is 10.0. The number of anilines is 1. The lowest BCUT2D eigenvalue weighted by molar-refractivity contribution is 0.415. The summed E-state index contributed by atoms with van der Waals surface area (Å²) >= 11 is 0. The molecule has 4 nitrogen and oxygen atoms in total. The lowest BCUT2D eigenvalue weighted by Crippen LogP contribution is -2.04. The quantitative estimate of drug-likeness (QED) is 0.922. The Morgan fingerprint density at radius 2 is 2.00 bits per heavy atom. The third kappa shape index (κ3) is 2.72. The summed E-state index contributed by atoms with van der Waals surface area (Å²) in [4.78, 5) is 4.58. The van der Waals surface area contributed by atoms with Gasteiger partial charge in [0.1, 0.15) is 17.6 Å². The lowest BCUT2D eigenvalue weighted by Gasteiger charge is -2.11. The topological polar surface area (TPSA) is 57.9 Å². The van der Waals surface area contributed by atoms with E-state index in [9.17, 15) is 0 Å². The minimum absolute atomic E-state index is 0.571. The number of hydrogen-bond acceptors (Lipinski definition) is 4. The summed E-state index contributed by atoms with van der Waals surface area (Å²) < 4.78 is 5.16. The largest absolute Gasteiger partial charge is 0.497 e. The molecule has 0 radical (unpaired) electrons. The zero-order valence-corrected chi connectivity index (χ0v) is 11.9. The maximum Gasteiger partial charge on any atom is 0.144 e. The normalized spacial score (nSPS) is 9.90. The average molecular weight is 267 g/mol. The van der Waals surface area contributed by atoms with Gasteiger partial charge in [-0.3, -0.25) is 0 Å². The number of rotatable bonds is 4. The highest BCUT2D eigenvalue weighted by Gasteiger charge is 2.10. The first-order valence-corrected chi connectivity index (χ1v) is 6.49. The number of aryl methyl sites for hydroxylation is 1. The van der Waals surface area contributed by atoms with E-state index in [1.807, 2.05) is 44.2 Å². The van der Waals surface area contributed by atoms with Crippen LogP contribution in [0.4, 0.5) is 5.82 Å². The first-order valence-electron chi connectivity index (χ1n) is 6.49. The van der Waals surface area contributed by atoms with Crippen molar-refractivity contribution >= 4 is 5.82 Å². The van der Waals surface area contributed by atoms with E-state index in [1.165, 1.54) is 0 Å². The Kier molecular flexibility index (Phi) is 4.21. The Labute approximate surface area is 119 Å². The number of hydrogen-bond donors (Lipinski definition) is 1. The first-order chi connectivity index (χ1) is 9.69. The van der Waals surface area contributed by atoms with Gasteiger partial charge in [-0.25, -0.2) is 4.98 Å². The summed E-state index contributed by atoms with van der Waals surface area (Å²) in [6.07, 6.45) is 0. The molecule has 4 heteroatoms. The van der Waals surface area contributed by atoms with Gasteiger partial charge < -0.3 is 10.1 Å². The van der Waals surface area contributed by atoms with Gasteiger partial charge in [-0.1, -0.05) is 0 Å². The maximum absolute atomic E-state index is 9.15. The molecule has 0 aliphatic heterocycles. The predicted molar refractivity (Wildman–Crippen MR) is 79.8 cm³/mol. The van der Waals surface area contributed by atoms with Crippen molar-refractivity contribution in [3.8, 4) is 23.1 Å². The Balaban J connectivity index is 2.50. The Morgan fingerprint density at radius 3 is 2.55 bits per heavy atom. The van der Waals surface area contributed by atoms with Crippen molar-refractivity contribution in [3.63, 3.8) is 0 Å². The van der Waals surface area contributed by atoms with Gasteiger partial charge in [0, 0.05) is 12.1 Å². The van der Waals surface area contributed by atoms with E-state index in [0.717, 1.165) is 29.1 Å². The highest BCUT2D eigenvalue weighted by molar-refractivity contribution is 5.68. The third-order valence-electron chi connectivity index (χ3n) is 3.04. The number of benzene rings is 1. The molecule has 0 aliphatic carbocycles. The van der Waals surface area contributed by atoms with Crippen molar-refractivity contribution in [1.82, 2.24) is 4.98 Å². The third-order valence-corrected chi connectivity index (χ3v) is 3.04. The molecule has 1 N–H and O–H groups in total. The molecule has 0 saturated heterocycles. The van der Waals surface area contributed by atoms with Crippen molar-refractivity contribution in [3.05, 3.63) is 41.5 Å². The van der Waals surface area contributed by atoms with Crippen LogP contribution >= 0.6 is 0 Å².